The van der Waals surface area contributed by atoms with Crippen molar-refractivity contribution in [2.45, 2.75) is 12.8 Å². The minimum atomic E-state index is 0.317. The summed E-state index contributed by atoms with van der Waals surface area (Å²) < 4.78 is 5.42. The number of carbonyl (C=O) groups excluding carboxylic acids is 1. The second-order valence-corrected chi connectivity index (χ2v) is 5.55. The van der Waals surface area contributed by atoms with Crippen molar-refractivity contribution in [1.29, 1.82) is 0 Å². The van der Waals surface area contributed by atoms with E-state index < -0.39 is 0 Å². The van der Waals surface area contributed by atoms with Crippen LogP contribution in [0.25, 0.3) is 11.0 Å². The molecule has 2 aromatic rings. The summed E-state index contributed by atoms with van der Waals surface area (Å²) in [5.74, 6) is 1.63. The molecule has 0 atom stereocenters. The van der Waals surface area contributed by atoms with Crippen LogP contribution in [-0.2, 0) is 4.79 Å². The number of piperazine rings is 1. The van der Waals surface area contributed by atoms with Crippen molar-refractivity contribution in [3.8, 4) is 0 Å². The maximum absolute atomic E-state index is 12.1. The first kappa shape index (κ1) is 11.8. The SMILES string of the molecule is O=C(C1CC1)N1CCN(c2nccc3occc23)CC1. The monoisotopic (exact) mass is 271 g/mol. The highest BCUT2D eigenvalue weighted by Crippen LogP contribution is 2.32. The molecule has 0 radical (unpaired) electrons. The lowest BCUT2D eigenvalue weighted by atomic mass is 10.2. The van der Waals surface area contributed by atoms with Crippen LogP contribution in [0.15, 0.2) is 29.0 Å². The second-order valence-electron chi connectivity index (χ2n) is 5.55. The maximum Gasteiger partial charge on any atom is 0.225 e. The Bertz CT molecular complexity index is 639. The first-order chi connectivity index (χ1) is 9.83. The number of hydrogen-bond acceptors (Lipinski definition) is 4. The van der Waals surface area contributed by atoms with Gasteiger partial charge in [0.05, 0.1) is 11.6 Å². The van der Waals surface area contributed by atoms with Crippen molar-refractivity contribution in [1.82, 2.24) is 9.88 Å². The van der Waals surface area contributed by atoms with Gasteiger partial charge in [0.1, 0.15) is 11.4 Å². The highest BCUT2D eigenvalue weighted by atomic mass is 16.3. The highest BCUT2D eigenvalue weighted by Gasteiger charge is 2.34. The quantitative estimate of drug-likeness (QED) is 0.837. The topological polar surface area (TPSA) is 49.6 Å². The van der Waals surface area contributed by atoms with Crippen LogP contribution in [0.5, 0.6) is 0 Å². The van der Waals surface area contributed by atoms with Gasteiger partial charge in [-0.05, 0) is 25.0 Å². The van der Waals surface area contributed by atoms with Crippen LogP contribution >= 0.6 is 0 Å². The Hall–Kier alpha value is -2.04. The lowest BCUT2D eigenvalue weighted by Crippen LogP contribution is -2.49. The standard InChI is InChI=1S/C15H17N3O2/c19-15(11-1-2-11)18-8-6-17(7-9-18)14-12-4-10-20-13(12)3-5-16-14/h3-5,10-11H,1-2,6-9H2. The van der Waals surface area contributed by atoms with E-state index in [1.807, 2.05) is 17.0 Å². The average Bonchev–Trinajstić information content (AvgIpc) is 3.23. The average molecular weight is 271 g/mol. The van der Waals surface area contributed by atoms with E-state index in [-0.39, 0.29) is 0 Å². The number of rotatable bonds is 2. The van der Waals surface area contributed by atoms with Gasteiger partial charge in [-0.3, -0.25) is 4.79 Å². The Kier molecular flexibility index (Phi) is 2.65. The molecule has 104 valence electrons. The smallest absolute Gasteiger partial charge is 0.225 e. The molecule has 2 aliphatic rings. The van der Waals surface area contributed by atoms with Crippen LogP contribution in [0.3, 0.4) is 0 Å². The molecule has 4 rings (SSSR count). The van der Waals surface area contributed by atoms with Crippen molar-refractivity contribution in [2.24, 2.45) is 5.92 Å². The zero-order valence-electron chi connectivity index (χ0n) is 11.3. The second kappa shape index (κ2) is 4.51. The van der Waals surface area contributed by atoms with E-state index in [2.05, 4.69) is 9.88 Å². The fraction of sp³-hybridized carbons (Fsp3) is 0.467. The van der Waals surface area contributed by atoms with Gasteiger partial charge in [-0.25, -0.2) is 4.98 Å². The fourth-order valence-electron chi connectivity index (χ4n) is 2.86. The molecule has 1 saturated heterocycles. The van der Waals surface area contributed by atoms with Gasteiger partial charge in [-0.15, -0.1) is 0 Å². The van der Waals surface area contributed by atoms with Gasteiger partial charge in [-0.2, -0.15) is 0 Å². The summed E-state index contributed by atoms with van der Waals surface area (Å²) in [4.78, 5) is 20.8. The molecule has 5 nitrogen and oxygen atoms in total. The van der Waals surface area contributed by atoms with Gasteiger partial charge in [0, 0.05) is 38.3 Å². The van der Waals surface area contributed by atoms with Crippen LogP contribution in [0.2, 0.25) is 0 Å². The van der Waals surface area contributed by atoms with Crippen molar-refractivity contribution >= 4 is 22.7 Å². The molecule has 0 spiro atoms. The number of fused-ring (bicyclic) bond motifs is 1. The van der Waals surface area contributed by atoms with Crippen LogP contribution in [0.1, 0.15) is 12.8 Å². The highest BCUT2D eigenvalue weighted by molar-refractivity contribution is 5.88. The lowest BCUT2D eigenvalue weighted by Gasteiger charge is -2.35. The third-order valence-corrected chi connectivity index (χ3v) is 4.18. The largest absolute Gasteiger partial charge is 0.464 e. The summed E-state index contributed by atoms with van der Waals surface area (Å²) in [5.41, 5.74) is 0.867. The summed E-state index contributed by atoms with van der Waals surface area (Å²) in [5, 5.41) is 1.05. The Balaban J connectivity index is 1.51. The number of carbonyl (C=O) groups is 1. The molecular formula is C15H17N3O2. The number of pyridine rings is 1. The molecule has 0 unspecified atom stereocenters. The number of aromatic nitrogens is 1. The molecule has 1 aliphatic carbocycles. The first-order valence-corrected chi connectivity index (χ1v) is 7.19. The van der Waals surface area contributed by atoms with Crippen LogP contribution in [0.4, 0.5) is 5.82 Å². The van der Waals surface area contributed by atoms with Crippen molar-refractivity contribution in [3.05, 3.63) is 24.6 Å². The minimum absolute atomic E-state index is 0.317. The molecule has 0 bridgehead atoms. The van der Waals surface area contributed by atoms with Gasteiger partial charge >= 0.3 is 0 Å². The zero-order valence-corrected chi connectivity index (χ0v) is 11.3. The zero-order chi connectivity index (χ0) is 13.5. The normalized spacial score (nSPS) is 19.6. The van der Waals surface area contributed by atoms with E-state index in [1.165, 1.54) is 0 Å². The Labute approximate surface area is 117 Å². The molecule has 1 saturated carbocycles. The van der Waals surface area contributed by atoms with Gasteiger partial charge in [-0.1, -0.05) is 0 Å². The van der Waals surface area contributed by atoms with Crippen molar-refractivity contribution in [2.75, 3.05) is 31.1 Å². The number of amides is 1. The molecule has 2 fully saturated rings. The molecular weight excluding hydrogens is 254 g/mol. The molecule has 0 N–H and O–H groups in total. The van der Waals surface area contributed by atoms with Gasteiger partial charge in [0.2, 0.25) is 5.91 Å². The minimum Gasteiger partial charge on any atom is -0.464 e. The molecule has 1 amide bonds. The van der Waals surface area contributed by atoms with E-state index in [1.54, 1.807) is 12.5 Å². The molecule has 0 aromatic carbocycles. The number of hydrogen-bond donors (Lipinski definition) is 0. The van der Waals surface area contributed by atoms with E-state index in [0.717, 1.165) is 55.8 Å². The van der Waals surface area contributed by atoms with Crippen LogP contribution in [-0.4, -0.2) is 42.0 Å². The molecule has 5 heteroatoms. The van der Waals surface area contributed by atoms with E-state index >= 15 is 0 Å². The van der Waals surface area contributed by atoms with Crippen LogP contribution in [0, 0.1) is 5.92 Å². The van der Waals surface area contributed by atoms with E-state index in [9.17, 15) is 4.79 Å². The van der Waals surface area contributed by atoms with E-state index in [4.69, 9.17) is 4.42 Å². The Morgan fingerprint density at radius 2 is 2.00 bits per heavy atom. The summed E-state index contributed by atoms with van der Waals surface area (Å²) in [7, 11) is 0. The maximum atomic E-state index is 12.1. The van der Waals surface area contributed by atoms with Crippen molar-refractivity contribution < 1.29 is 9.21 Å². The summed E-state index contributed by atoms with van der Waals surface area (Å²) in [6, 6.07) is 3.84. The number of nitrogens with zero attached hydrogens (tertiary/aromatic N) is 3. The fourth-order valence-corrected chi connectivity index (χ4v) is 2.86. The van der Waals surface area contributed by atoms with E-state index in [0.29, 0.717) is 11.8 Å². The first-order valence-electron chi connectivity index (χ1n) is 7.19. The third kappa shape index (κ3) is 1.94. The predicted molar refractivity (Wildman–Crippen MR) is 75.5 cm³/mol. The lowest BCUT2D eigenvalue weighted by molar-refractivity contribution is -0.132. The van der Waals surface area contributed by atoms with Crippen molar-refractivity contribution in [3.63, 3.8) is 0 Å². The molecule has 3 heterocycles. The third-order valence-electron chi connectivity index (χ3n) is 4.18. The predicted octanol–water partition coefficient (Wildman–Crippen LogP) is 1.89. The molecule has 1 aliphatic heterocycles. The number of anilines is 1. The van der Waals surface area contributed by atoms with Gasteiger partial charge in [0.25, 0.3) is 0 Å². The summed E-state index contributed by atoms with van der Waals surface area (Å²) >= 11 is 0. The van der Waals surface area contributed by atoms with Gasteiger partial charge < -0.3 is 14.2 Å². The number of furan rings is 1. The summed E-state index contributed by atoms with van der Waals surface area (Å²) in [6.07, 6.45) is 5.63. The molecule has 2 aromatic heterocycles. The Morgan fingerprint density at radius 3 is 2.75 bits per heavy atom. The summed E-state index contributed by atoms with van der Waals surface area (Å²) in [6.45, 7) is 3.28. The Morgan fingerprint density at radius 1 is 1.20 bits per heavy atom. The van der Waals surface area contributed by atoms with Crippen LogP contribution < -0.4 is 4.90 Å². The molecule has 20 heavy (non-hydrogen) atoms. The van der Waals surface area contributed by atoms with Gasteiger partial charge in [0.15, 0.2) is 0 Å².